The van der Waals surface area contributed by atoms with Crippen LogP contribution in [0.4, 0.5) is 4.39 Å². The molecule has 3 nitrogen and oxygen atoms in total. The van der Waals surface area contributed by atoms with Crippen LogP contribution in [0.15, 0.2) is 85.1 Å². The molecule has 4 aromatic rings. The van der Waals surface area contributed by atoms with Gasteiger partial charge in [-0.2, -0.15) is 0 Å². The monoisotopic (exact) mass is 399 g/mol. The Balaban J connectivity index is 1.32. The Morgan fingerprint density at radius 2 is 1.43 bits per heavy atom. The smallest absolute Gasteiger partial charge is 0.123 e. The van der Waals surface area contributed by atoms with Gasteiger partial charge in [-0.05, 0) is 34.9 Å². The van der Waals surface area contributed by atoms with Gasteiger partial charge >= 0.3 is 0 Å². The summed E-state index contributed by atoms with van der Waals surface area (Å²) >= 11 is 0. The zero-order chi connectivity index (χ0) is 20.3. The summed E-state index contributed by atoms with van der Waals surface area (Å²) in [6, 6.07) is 26.2. The minimum Gasteiger partial charge on any atom is -0.361 e. The lowest BCUT2D eigenvalue weighted by Crippen LogP contribution is -2.47. The number of halogens is 1. The van der Waals surface area contributed by atoms with Gasteiger partial charge in [0.1, 0.15) is 5.82 Å². The van der Waals surface area contributed by atoms with E-state index in [-0.39, 0.29) is 11.9 Å². The van der Waals surface area contributed by atoms with Crippen LogP contribution in [-0.2, 0) is 6.54 Å². The van der Waals surface area contributed by atoms with Crippen LogP contribution in [0, 0.1) is 5.82 Å². The molecule has 1 aliphatic heterocycles. The molecular formula is C26H26FN3. The molecule has 4 heteroatoms. The van der Waals surface area contributed by atoms with Crippen molar-refractivity contribution in [2.24, 2.45) is 0 Å². The number of fused-ring (bicyclic) bond motifs is 1. The van der Waals surface area contributed by atoms with Crippen LogP contribution in [0.2, 0.25) is 0 Å². The van der Waals surface area contributed by atoms with E-state index in [1.54, 1.807) is 12.1 Å². The van der Waals surface area contributed by atoms with Crippen molar-refractivity contribution in [3.05, 3.63) is 108 Å². The third-order valence-electron chi connectivity index (χ3n) is 6.14. The lowest BCUT2D eigenvalue weighted by Gasteiger charge is -2.39. The average molecular weight is 400 g/mol. The highest BCUT2D eigenvalue weighted by Gasteiger charge is 2.26. The maximum atomic E-state index is 13.5. The molecule has 1 saturated heterocycles. The predicted molar refractivity (Wildman–Crippen MR) is 120 cm³/mol. The van der Waals surface area contributed by atoms with E-state index in [0.717, 1.165) is 38.3 Å². The summed E-state index contributed by atoms with van der Waals surface area (Å²) in [7, 11) is 0. The number of aromatic nitrogens is 1. The van der Waals surface area contributed by atoms with E-state index in [1.165, 1.54) is 22.0 Å². The fraction of sp³-hybridized carbons (Fsp3) is 0.231. The van der Waals surface area contributed by atoms with Crippen LogP contribution in [-0.4, -0.2) is 41.0 Å². The number of hydrogen-bond donors (Lipinski definition) is 1. The molecule has 1 aromatic heterocycles. The average Bonchev–Trinajstić information content (AvgIpc) is 3.20. The first-order chi connectivity index (χ1) is 14.8. The van der Waals surface area contributed by atoms with Crippen molar-refractivity contribution in [3.63, 3.8) is 0 Å². The van der Waals surface area contributed by atoms with Crippen LogP contribution < -0.4 is 0 Å². The molecule has 1 aliphatic rings. The van der Waals surface area contributed by atoms with Gasteiger partial charge in [0.15, 0.2) is 0 Å². The SMILES string of the molecule is Fc1ccc([C@H](c2ccccc2)N2CCN(Cc3c[nH]c4ccccc34)CC2)cc1. The van der Waals surface area contributed by atoms with E-state index in [2.05, 4.69) is 69.5 Å². The van der Waals surface area contributed by atoms with Gasteiger partial charge in [-0.25, -0.2) is 4.39 Å². The molecule has 1 fully saturated rings. The molecule has 1 N–H and O–H groups in total. The number of nitrogens with one attached hydrogen (secondary N) is 1. The number of rotatable bonds is 5. The van der Waals surface area contributed by atoms with E-state index in [4.69, 9.17) is 0 Å². The van der Waals surface area contributed by atoms with E-state index >= 15 is 0 Å². The standard InChI is InChI=1S/C26H26FN3/c27-23-12-10-21(11-13-23)26(20-6-2-1-3-7-20)30-16-14-29(15-17-30)19-22-18-28-25-9-5-4-8-24(22)25/h1-13,18,26,28H,14-17,19H2/t26-/m0/s1. The Labute approximate surface area is 176 Å². The fourth-order valence-electron chi connectivity index (χ4n) is 4.58. The molecule has 0 bridgehead atoms. The number of benzene rings is 3. The van der Waals surface area contributed by atoms with Gasteiger partial charge in [-0.3, -0.25) is 9.80 Å². The summed E-state index contributed by atoms with van der Waals surface area (Å²) < 4.78 is 13.5. The largest absolute Gasteiger partial charge is 0.361 e. The number of para-hydroxylation sites is 1. The van der Waals surface area contributed by atoms with Crippen LogP contribution in [0.5, 0.6) is 0 Å². The van der Waals surface area contributed by atoms with Crippen molar-refractivity contribution in [1.29, 1.82) is 0 Å². The predicted octanol–water partition coefficient (Wildman–Crippen LogP) is 5.21. The van der Waals surface area contributed by atoms with Crippen molar-refractivity contribution in [3.8, 4) is 0 Å². The molecule has 0 spiro atoms. The van der Waals surface area contributed by atoms with Gasteiger partial charge in [-0.1, -0.05) is 60.7 Å². The lowest BCUT2D eigenvalue weighted by atomic mass is 9.96. The summed E-state index contributed by atoms with van der Waals surface area (Å²) in [6.07, 6.45) is 2.14. The quantitative estimate of drug-likeness (QED) is 0.497. The Kier molecular flexibility index (Phi) is 5.35. The van der Waals surface area contributed by atoms with E-state index < -0.39 is 0 Å². The number of H-pyrrole nitrogens is 1. The second kappa shape index (κ2) is 8.42. The van der Waals surface area contributed by atoms with Crippen molar-refractivity contribution < 1.29 is 4.39 Å². The maximum absolute atomic E-state index is 13.5. The first-order valence-electron chi connectivity index (χ1n) is 10.6. The summed E-state index contributed by atoms with van der Waals surface area (Å²) in [5.74, 6) is -0.186. The zero-order valence-electron chi connectivity index (χ0n) is 17.0. The molecule has 2 heterocycles. The van der Waals surface area contributed by atoms with Crippen molar-refractivity contribution in [2.75, 3.05) is 26.2 Å². The van der Waals surface area contributed by atoms with Gasteiger partial charge in [0.2, 0.25) is 0 Å². The summed E-state index contributed by atoms with van der Waals surface area (Å²) in [4.78, 5) is 8.43. The highest BCUT2D eigenvalue weighted by Crippen LogP contribution is 2.30. The number of nitrogens with zero attached hydrogens (tertiary/aromatic N) is 2. The molecule has 0 amide bonds. The van der Waals surface area contributed by atoms with Crippen LogP contribution >= 0.6 is 0 Å². The highest BCUT2D eigenvalue weighted by molar-refractivity contribution is 5.82. The molecule has 30 heavy (non-hydrogen) atoms. The second-order valence-corrected chi connectivity index (χ2v) is 8.04. The molecular weight excluding hydrogens is 373 g/mol. The summed E-state index contributed by atoms with van der Waals surface area (Å²) in [5.41, 5.74) is 4.96. The van der Waals surface area contributed by atoms with E-state index in [0.29, 0.717) is 0 Å². The molecule has 3 aromatic carbocycles. The Morgan fingerprint density at radius 3 is 2.20 bits per heavy atom. The molecule has 0 aliphatic carbocycles. The molecule has 0 unspecified atom stereocenters. The number of hydrogen-bond acceptors (Lipinski definition) is 2. The van der Waals surface area contributed by atoms with Crippen LogP contribution in [0.25, 0.3) is 10.9 Å². The Hall–Kier alpha value is -2.95. The normalized spacial score (nSPS) is 16.7. The van der Waals surface area contributed by atoms with Gasteiger partial charge in [0.05, 0.1) is 6.04 Å². The van der Waals surface area contributed by atoms with Gasteiger partial charge in [0, 0.05) is 49.8 Å². The Morgan fingerprint density at radius 1 is 0.767 bits per heavy atom. The third kappa shape index (κ3) is 3.89. The van der Waals surface area contributed by atoms with Crippen molar-refractivity contribution >= 4 is 10.9 Å². The molecule has 0 radical (unpaired) electrons. The van der Waals surface area contributed by atoms with Crippen LogP contribution in [0.3, 0.4) is 0 Å². The number of piperazine rings is 1. The lowest BCUT2D eigenvalue weighted by molar-refractivity contribution is 0.105. The zero-order valence-corrected chi connectivity index (χ0v) is 17.0. The topological polar surface area (TPSA) is 22.3 Å². The number of aromatic amines is 1. The molecule has 5 rings (SSSR count). The first-order valence-corrected chi connectivity index (χ1v) is 10.6. The first kappa shape index (κ1) is 19.0. The van der Waals surface area contributed by atoms with Crippen molar-refractivity contribution in [1.82, 2.24) is 14.8 Å². The highest BCUT2D eigenvalue weighted by atomic mass is 19.1. The van der Waals surface area contributed by atoms with Crippen LogP contribution in [0.1, 0.15) is 22.7 Å². The van der Waals surface area contributed by atoms with Crippen molar-refractivity contribution in [2.45, 2.75) is 12.6 Å². The van der Waals surface area contributed by atoms with E-state index in [1.807, 2.05) is 18.2 Å². The van der Waals surface area contributed by atoms with Gasteiger partial charge < -0.3 is 4.98 Å². The Bertz CT molecular complexity index is 1100. The van der Waals surface area contributed by atoms with Gasteiger partial charge in [-0.15, -0.1) is 0 Å². The fourth-order valence-corrected chi connectivity index (χ4v) is 4.58. The summed E-state index contributed by atoms with van der Waals surface area (Å²) in [6.45, 7) is 4.97. The second-order valence-electron chi connectivity index (χ2n) is 8.04. The van der Waals surface area contributed by atoms with E-state index in [9.17, 15) is 4.39 Å². The summed E-state index contributed by atoms with van der Waals surface area (Å²) in [5, 5.41) is 1.31. The minimum atomic E-state index is -0.186. The minimum absolute atomic E-state index is 0.155. The maximum Gasteiger partial charge on any atom is 0.123 e. The molecule has 0 saturated carbocycles. The third-order valence-corrected chi connectivity index (χ3v) is 6.14. The molecule has 1 atom stereocenters. The molecule has 152 valence electrons. The van der Waals surface area contributed by atoms with Gasteiger partial charge in [0.25, 0.3) is 0 Å².